The summed E-state index contributed by atoms with van der Waals surface area (Å²) in [6, 6.07) is -0.693. The van der Waals surface area contributed by atoms with Gasteiger partial charge in [0.15, 0.2) is 0 Å². The minimum Gasteiger partial charge on any atom is -0.322 e. The van der Waals surface area contributed by atoms with Crippen molar-refractivity contribution in [3.05, 3.63) is 0 Å². The number of hydroxylamine groups is 1. The Labute approximate surface area is 121 Å². The number of Topliss-reactive ketones (excluding diaryl/α,β-unsaturated/α-hetero) is 1. The van der Waals surface area contributed by atoms with E-state index in [1.54, 1.807) is 0 Å². The Bertz CT molecular complexity index is 307. The maximum Gasteiger partial charge on any atom is 0.310 e. The number of nitrogens with one attached hydrogen (secondary N) is 1. The molecule has 1 aliphatic rings. The second-order valence-corrected chi connectivity index (χ2v) is 4.65. The van der Waals surface area contributed by atoms with Crippen LogP contribution in [-0.4, -0.2) is 30.6 Å². The molecule has 6 heteroatoms. The standard InChI is InChI=1S/C12H20N2O4.C2H6.H2/c13-10(7-15)5-6-11(16)12(17)14-18-8-9-3-1-2-4-9;1-2;/h7,9-10H,1-6,8,13H2,(H,14,17);1-2H3;1H/t10-;;/m0../s1. The van der Waals surface area contributed by atoms with Gasteiger partial charge in [0.2, 0.25) is 5.78 Å². The summed E-state index contributed by atoms with van der Waals surface area (Å²) < 4.78 is 0. The lowest BCUT2D eigenvalue weighted by molar-refractivity contribution is -0.146. The summed E-state index contributed by atoms with van der Waals surface area (Å²) in [5, 5.41) is 0. The van der Waals surface area contributed by atoms with Gasteiger partial charge in [0.25, 0.3) is 0 Å². The van der Waals surface area contributed by atoms with Gasteiger partial charge in [-0.1, -0.05) is 26.7 Å². The van der Waals surface area contributed by atoms with Crippen LogP contribution in [0.25, 0.3) is 0 Å². The Morgan fingerprint density at radius 3 is 2.55 bits per heavy atom. The van der Waals surface area contributed by atoms with Crippen LogP contribution in [0.1, 0.15) is 53.8 Å². The van der Waals surface area contributed by atoms with Crippen LogP contribution in [0, 0.1) is 5.92 Å². The third-order valence-electron chi connectivity index (χ3n) is 3.09. The van der Waals surface area contributed by atoms with E-state index < -0.39 is 17.7 Å². The Balaban J connectivity index is 0. The summed E-state index contributed by atoms with van der Waals surface area (Å²) in [4.78, 5) is 37.9. The van der Waals surface area contributed by atoms with Crippen molar-refractivity contribution in [2.45, 2.75) is 58.4 Å². The van der Waals surface area contributed by atoms with Gasteiger partial charge in [-0.15, -0.1) is 0 Å². The summed E-state index contributed by atoms with van der Waals surface area (Å²) in [5.41, 5.74) is 7.45. The van der Waals surface area contributed by atoms with E-state index >= 15 is 0 Å². The zero-order valence-electron chi connectivity index (χ0n) is 12.4. The van der Waals surface area contributed by atoms with Gasteiger partial charge in [0.05, 0.1) is 12.6 Å². The summed E-state index contributed by atoms with van der Waals surface area (Å²) in [5.74, 6) is -0.909. The molecule has 1 amide bonds. The SMILES string of the molecule is CC.N[C@H](C=O)CCC(=O)C(=O)NOCC1CCCC1.[HH]. The molecule has 0 aliphatic heterocycles. The highest BCUT2D eigenvalue weighted by atomic mass is 16.7. The quantitative estimate of drug-likeness (QED) is 0.399. The van der Waals surface area contributed by atoms with E-state index in [0.29, 0.717) is 18.8 Å². The van der Waals surface area contributed by atoms with Crippen molar-refractivity contribution < 1.29 is 20.6 Å². The molecule has 118 valence electrons. The van der Waals surface area contributed by atoms with Crippen molar-refractivity contribution in [2.75, 3.05) is 6.61 Å². The summed E-state index contributed by atoms with van der Waals surface area (Å²) in [6.45, 7) is 4.45. The molecule has 0 radical (unpaired) electrons. The minimum absolute atomic E-state index is 0. The van der Waals surface area contributed by atoms with E-state index in [0.717, 1.165) is 12.8 Å². The van der Waals surface area contributed by atoms with Crippen LogP contribution in [0.4, 0.5) is 0 Å². The largest absolute Gasteiger partial charge is 0.322 e. The topological polar surface area (TPSA) is 98.5 Å². The van der Waals surface area contributed by atoms with Crippen molar-refractivity contribution >= 4 is 18.0 Å². The minimum atomic E-state index is -0.772. The van der Waals surface area contributed by atoms with Crippen LogP contribution in [-0.2, 0) is 19.2 Å². The fourth-order valence-electron chi connectivity index (χ4n) is 1.94. The molecule has 0 aromatic heterocycles. The van der Waals surface area contributed by atoms with E-state index in [-0.39, 0.29) is 14.3 Å². The van der Waals surface area contributed by atoms with E-state index in [1.807, 2.05) is 13.8 Å². The van der Waals surface area contributed by atoms with Crippen molar-refractivity contribution in [1.29, 1.82) is 0 Å². The lowest BCUT2D eigenvalue weighted by Gasteiger charge is -2.09. The molecule has 0 aromatic carbocycles. The maximum atomic E-state index is 11.3. The number of rotatable bonds is 8. The smallest absolute Gasteiger partial charge is 0.310 e. The first-order valence-corrected chi connectivity index (χ1v) is 7.29. The van der Waals surface area contributed by atoms with Gasteiger partial charge in [0.1, 0.15) is 6.29 Å². The predicted molar refractivity (Wildman–Crippen MR) is 77.8 cm³/mol. The van der Waals surface area contributed by atoms with Gasteiger partial charge in [-0.3, -0.25) is 14.4 Å². The molecule has 0 unspecified atom stereocenters. The van der Waals surface area contributed by atoms with Gasteiger partial charge >= 0.3 is 5.91 Å². The molecule has 3 N–H and O–H groups in total. The molecule has 0 saturated heterocycles. The zero-order valence-corrected chi connectivity index (χ0v) is 12.4. The molecule has 0 bridgehead atoms. The second-order valence-electron chi connectivity index (χ2n) is 4.65. The number of amides is 1. The Morgan fingerprint density at radius 1 is 1.40 bits per heavy atom. The van der Waals surface area contributed by atoms with E-state index in [9.17, 15) is 14.4 Å². The predicted octanol–water partition coefficient (Wildman–Crippen LogP) is 1.37. The van der Waals surface area contributed by atoms with Crippen molar-refractivity contribution in [2.24, 2.45) is 11.7 Å². The first-order valence-electron chi connectivity index (χ1n) is 7.29. The van der Waals surface area contributed by atoms with Crippen LogP contribution in [0.3, 0.4) is 0 Å². The highest BCUT2D eigenvalue weighted by Gasteiger charge is 2.18. The van der Waals surface area contributed by atoms with Crippen molar-refractivity contribution in [1.82, 2.24) is 5.48 Å². The third-order valence-corrected chi connectivity index (χ3v) is 3.09. The average Bonchev–Trinajstić information content (AvgIpc) is 2.99. The first-order chi connectivity index (χ1) is 9.63. The average molecular weight is 288 g/mol. The Morgan fingerprint density at radius 2 is 2.00 bits per heavy atom. The monoisotopic (exact) mass is 288 g/mol. The molecule has 1 saturated carbocycles. The van der Waals surface area contributed by atoms with Gasteiger partial charge in [-0.05, 0) is 25.2 Å². The lowest BCUT2D eigenvalue weighted by Crippen LogP contribution is -2.33. The number of hydrogen-bond donors (Lipinski definition) is 2. The first kappa shape index (κ1) is 18.7. The Kier molecular flexibility index (Phi) is 10.8. The van der Waals surface area contributed by atoms with Crippen LogP contribution < -0.4 is 11.2 Å². The Hall–Kier alpha value is -1.27. The molecular weight excluding hydrogens is 260 g/mol. The zero-order chi connectivity index (χ0) is 15.4. The lowest BCUT2D eigenvalue weighted by atomic mass is 10.1. The number of nitrogens with two attached hydrogens (primary N) is 1. The molecule has 1 atom stereocenters. The summed E-state index contributed by atoms with van der Waals surface area (Å²) in [6.07, 6.45) is 5.31. The van der Waals surface area contributed by atoms with Gasteiger partial charge in [-0.25, -0.2) is 5.48 Å². The number of aldehydes is 1. The molecule has 0 aromatic rings. The van der Waals surface area contributed by atoms with Crippen molar-refractivity contribution in [3.8, 4) is 0 Å². The fraction of sp³-hybridized carbons (Fsp3) is 0.786. The van der Waals surface area contributed by atoms with Crippen LogP contribution in [0.5, 0.6) is 0 Å². The summed E-state index contributed by atoms with van der Waals surface area (Å²) in [7, 11) is 0. The van der Waals surface area contributed by atoms with E-state index in [4.69, 9.17) is 10.6 Å². The highest BCUT2D eigenvalue weighted by Crippen LogP contribution is 2.24. The summed E-state index contributed by atoms with van der Waals surface area (Å²) >= 11 is 0. The van der Waals surface area contributed by atoms with E-state index in [1.165, 1.54) is 12.8 Å². The molecule has 20 heavy (non-hydrogen) atoms. The number of ketones is 1. The molecule has 1 rings (SSSR count). The highest BCUT2D eigenvalue weighted by molar-refractivity contribution is 6.35. The number of carbonyl (C=O) groups is 3. The van der Waals surface area contributed by atoms with E-state index in [2.05, 4.69) is 5.48 Å². The normalized spacial score (nSPS) is 15.9. The molecule has 0 heterocycles. The van der Waals surface area contributed by atoms with Crippen LogP contribution in [0.15, 0.2) is 0 Å². The molecular formula is C14H28N2O4. The molecule has 6 nitrogen and oxygen atoms in total. The third kappa shape index (κ3) is 8.01. The van der Waals surface area contributed by atoms with Gasteiger partial charge < -0.3 is 10.5 Å². The molecule has 1 aliphatic carbocycles. The van der Waals surface area contributed by atoms with Crippen LogP contribution in [0.2, 0.25) is 0 Å². The van der Waals surface area contributed by atoms with Crippen LogP contribution >= 0.6 is 0 Å². The van der Waals surface area contributed by atoms with Gasteiger partial charge in [-0.2, -0.15) is 0 Å². The maximum absolute atomic E-state index is 11.3. The fourth-order valence-corrected chi connectivity index (χ4v) is 1.94. The van der Waals surface area contributed by atoms with Gasteiger partial charge in [0, 0.05) is 7.85 Å². The molecule has 0 spiro atoms. The van der Waals surface area contributed by atoms with Crippen molar-refractivity contribution in [3.63, 3.8) is 0 Å². The molecule has 1 fully saturated rings. The number of carbonyl (C=O) groups excluding carboxylic acids is 3. The number of hydrogen-bond acceptors (Lipinski definition) is 5. The second kappa shape index (κ2) is 11.5.